The average Bonchev–Trinajstić information content (AvgIpc) is 2.34. The molecule has 0 atom stereocenters. The Bertz CT molecular complexity index is 142. The molecule has 1 rings (SSSR count). The number of halogens is 4. The molecule has 0 saturated carbocycles. The fourth-order valence-electron chi connectivity index (χ4n) is 0.794. The minimum atomic E-state index is -1.72. The second-order valence-electron chi connectivity index (χ2n) is 2.35. The van der Waals surface area contributed by atoms with Crippen molar-refractivity contribution in [1.82, 2.24) is 9.80 Å². The normalized spacial score (nSPS) is 13.3. The zero-order valence-corrected chi connectivity index (χ0v) is 11.8. The number of hydrogen-bond donors (Lipinski definition) is 0. The lowest BCUT2D eigenvalue weighted by molar-refractivity contribution is 0.308. The maximum Gasteiger partial charge on any atom is 0.643 e. The van der Waals surface area contributed by atoms with Gasteiger partial charge in [0, 0.05) is 26.0 Å². The van der Waals surface area contributed by atoms with E-state index in [-0.39, 0.29) is 12.4 Å². The van der Waals surface area contributed by atoms with Crippen molar-refractivity contribution in [2.75, 3.05) is 20.3 Å². The van der Waals surface area contributed by atoms with Gasteiger partial charge in [0.05, 0.1) is 6.67 Å². The van der Waals surface area contributed by atoms with Gasteiger partial charge in [-0.2, -0.15) is 0 Å². The van der Waals surface area contributed by atoms with Crippen molar-refractivity contribution in [3.63, 3.8) is 0 Å². The quantitative estimate of drug-likeness (QED) is 0.682. The second-order valence-corrected chi connectivity index (χ2v) is 8.78. The number of hydrogen-bond acceptors (Lipinski definition) is 2. The van der Waals surface area contributed by atoms with Crippen LogP contribution in [0, 0.1) is 0 Å². The zero-order chi connectivity index (χ0) is 9.56. The molecule has 1 aliphatic heterocycles. The van der Waals surface area contributed by atoms with Gasteiger partial charge in [0.1, 0.15) is 0 Å². The predicted molar refractivity (Wildman–Crippen MR) is 64.7 cm³/mol. The van der Waals surface area contributed by atoms with Crippen molar-refractivity contribution < 1.29 is 0 Å². The van der Waals surface area contributed by atoms with E-state index in [0.717, 1.165) is 13.2 Å². The third-order valence-electron chi connectivity index (χ3n) is 1.34. The molecule has 0 aromatic carbocycles. The third-order valence-corrected chi connectivity index (χ3v) is 1.34. The molecule has 0 amide bonds. The molecule has 13 heavy (non-hydrogen) atoms. The van der Waals surface area contributed by atoms with Gasteiger partial charge >= 0.3 is 11.4 Å². The molecule has 0 aromatic heterocycles. The first-order chi connectivity index (χ1) is 5.56. The summed E-state index contributed by atoms with van der Waals surface area (Å²) in [5, 5.41) is 0. The van der Waals surface area contributed by atoms with Crippen LogP contribution in [0.5, 0.6) is 0 Å². The van der Waals surface area contributed by atoms with Crippen LogP contribution in [0.25, 0.3) is 0 Å². The van der Waals surface area contributed by atoms with Crippen molar-refractivity contribution in [3.05, 3.63) is 12.4 Å². The topological polar surface area (TPSA) is 6.48 Å². The summed E-state index contributed by atoms with van der Waals surface area (Å²) >= 11 is -1.72. The lowest BCUT2D eigenvalue weighted by Crippen LogP contribution is -2.21. The Morgan fingerprint density at radius 1 is 1.31 bits per heavy atom. The smallest absolute Gasteiger partial charge is 0.362 e. The summed E-state index contributed by atoms with van der Waals surface area (Å²) in [6, 6.07) is 0. The summed E-state index contributed by atoms with van der Waals surface area (Å²) < 4.78 is 0. The van der Waals surface area contributed by atoms with E-state index in [1.54, 1.807) is 0 Å². The monoisotopic (exact) mass is 280 g/mol. The van der Waals surface area contributed by atoms with E-state index in [4.69, 9.17) is 30.1 Å². The largest absolute Gasteiger partial charge is 0.643 e. The Morgan fingerprint density at radius 2 is 1.77 bits per heavy atom. The predicted octanol–water partition coefficient (Wildman–Crippen LogP) is 2.79. The molecule has 0 spiro atoms. The Kier molecular flexibility index (Phi) is 12.1. The molecule has 0 unspecified atom stereocenters. The molecule has 7 heteroatoms. The zero-order valence-electron chi connectivity index (χ0n) is 7.58. The lowest BCUT2D eigenvalue weighted by atomic mass is 10.6. The first-order valence-electron chi connectivity index (χ1n) is 3.61. The molecular weight excluding hydrogens is 269 g/mol. The fraction of sp³-hybridized carbons (Fsp3) is 0.667. The fourth-order valence-corrected chi connectivity index (χ4v) is 0.794. The summed E-state index contributed by atoms with van der Waals surface area (Å²) in [5.41, 5.74) is 0. The molecule has 0 aromatic rings. The van der Waals surface area contributed by atoms with Gasteiger partial charge < -0.3 is 9.80 Å². The summed E-state index contributed by atoms with van der Waals surface area (Å²) in [5.74, 6) is 0. The number of rotatable bonds is 1. The van der Waals surface area contributed by atoms with E-state index in [1.807, 2.05) is 0 Å². The highest BCUT2D eigenvalue weighted by Crippen LogP contribution is 2.00. The second kappa shape index (κ2) is 9.58. The summed E-state index contributed by atoms with van der Waals surface area (Å²) in [4.78, 5) is 4.41. The highest BCUT2D eigenvalue weighted by atomic mass is 35.8. The maximum atomic E-state index is 4.94. The van der Waals surface area contributed by atoms with Crippen molar-refractivity contribution in [3.8, 4) is 0 Å². The van der Waals surface area contributed by atoms with Crippen molar-refractivity contribution in [2.45, 2.75) is 6.92 Å². The van der Waals surface area contributed by atoms with Crippen LogP contribution in [0.4, 0.5) is 0 Å². The van der Waals surface area contributed by atoms with Crippen LogP contribution in [0.3, 0.4) is 0 Å². The Labute approximate surface area is 103 Å². The van der Waals surface area contributed by atoms with Gasteiger partial charge in [0.25, 0.3) is 0 Å². The molecule has 0 N–H and O–H groups in total. The van der Waals surface area contributed by atoms with E-state index in [1.165, 1.54) is 0 Å². The maximum absolute atomic E-state index is 4.94. The summed E-state index contributed by atoms with van der Waals surface area (Å²) in [7, 11) is 16.9. The van der Waals surface area contributed by atoms with Gasteiger partial charge in [-0.05, 0) is 6.92 Å². The molecule has 0 fully saturated rings. The van der Waals surface area contributed by atoms with Crippen LogP contribution in [0.15, 0.2) is 12.4 Å². The van der Waals surface area contributed by atoms with Crippen LogP contribution < -0.4 is 0 Å². The van der Waals surface area contributed by atoms with E-state index in [0.29, 0.717) is 0 Å². The van der Waals surface area contributed by atoms with Gasteiger partial charge in [-0.3, -0.25) is 0 Å². The van der Waals surface area contributed by atoms with E-state index >= 15 is 0 Å². The van der Waals surface area contributed by atoms with Crippen LogP contribution in [0.1, 0.15) is 6.92 Å². The molecular formula is C6H13AlCl4N2. The van der Waals surface area contributed by atoms with Crippen molar-refractivity contribution in [2.24, 2.45) is 0 Å². The van der Waals surface area contributed by atoms with E-state index < -0.39 is 11.4 Å². The van der Waals surface area contributed by atoms with Gasteiger partial charge in [0.2, 0.25) is 0 Å². The van der Waals surface area contributed by atoms with Crippen molar-refractivity contribution in [1.29, 1.82) is 0 Å². The van der Waals surface area contributed by atoms with Crippen molar-refractivity contribution >= 4 is 53.9 Å². The van der Waals surface area contributed by atoms with Crippen LogP contribution in [-0.2, 0) is 0 Å². The summed E-state index contributed by atoms with van der Waals surface area (Å²) in [6.45, 7) is 4.32. The van der Waals surface area contributed by atoms with Gasteiger partial charge in [-0.25, -0.2) is 30.1 Å². The van der Waals surface area contributed by atoms with Crippen LogP contribution in [-0.4, -0.2) is 41.4 Å². The first-order valence-corrected chi connectivity index (χ1v) is 8.84. The molecule has 0 aliphatic carbocycles. The molecule has 0 saturated heterocycles. The number of nitrogens with zero attached hydrogens (tertiary/aromatic N) is 2. The van der Waals surface area contributed by atoms with E-state index in [2.05, 4.69) is 36.2 Å². The molecule has 1 aliphatic rings. The Hall–Kier alpha value is 1.03. The molecule has 1 heterocycles. The Balaban J connectivity index is 0. The average molecular weight is 282 g/mol. The van der Waals surface area contributed by atoms with Crippen LogP contribution >= 0.6 is 42.6 Å². The molecule has 2 nitrogen and oxygen atoms in total. The Morgan fingerprint density at radius 3 is 1.92 bits per heavy atom. The highest BCUT2D eigenvalue weighted by Gasteiger charge is 2.03. The van der Waals surface area contributed by atoms with Gasteiger partial charge in [-0.15, -0.1) is 12.4 Å². The minimum absolute atomic E-state index is 0. The lowest BCUT2D eigenvalue weighted by Gasteiger charge is -2.14. The summed E-state index contributed by atoms with van der Waals surface area (Å²) in [6.07, 6.45) is 4.20. The van der Waals surface area contributed by atoms with E-state index in [9.17, 15) is 0 Å². The standard InChI is InChI=1S/C6H12N2.Al.4ClH/c1-3-8-5-4-7(2)6-8;;;;;/h4-5H,3,6H2,1-2H3;;4*1H/q;+3;;;;/p-3. The van der Waals surface area contributed by atoms with Gasteiger partial charge in [0.15, 0.2) is 0 Å². The molecule has 0 radical (unpaired) electrons. The first kappa shape index (κ1) is 16.5. The highest BCUT2D eigenvalue weighted by molar-refractivity contribution is 7.54. The molecule has 78 valence electrons. The SMILES string of the molecule is CCN1C=CN(C)C1.Cl.[Cl][Al]([Cl])[Cl]. The van der Waals surface area contributed by atoms with Gasteiger partial charge in [-0.1, -0.05) is 0 Å². The third kappa shape index (κ3) is 11.0. The molecule has 0 bridgehead atoms. The minimum Gasteiger partial charge on any atom is -0.362 e. The van der Waals surface area contributed by atoms with Crippen LogP contribution in [0.2, 0.25) is 0 Å².